The van der Waals surface area contributed by atoms with Crippen LogP contribution in [0.4, 0.5) is 11.4 Å². The lowest BCUT2D eigenvalue weighted by molar-refractivity contribution is -0.384. The van der Waals surface area contributed by atoms with Crippen molar-refractivity contribution in [3.05, 3.63) is 38.8 Å². The Hall–Kier alpha value is -2.80. The first kappa shape index (κ1) is 14.6. The minimum atomic E-state index is -0.550. The summed E-state index contributed by atoms with van der Waals surface area (Å²) in [4.78, 5) is 26.6. The zero-order valence-electron chi connectivity index (χ0n) is 11.3. The maximum absolute atomic E-state index is 12.0. The molecule has 1 fully saturated rings. The third-order valence-corrected chi connectivity index (χ3v) is 3.28. The van der Waals surface area contributed by atoms with Crippen molar-refractivity contribution in [3.63, 3.8) is 0 Å². The molecule has 1 aromatic carbocycles. The second-order valence-corrected chi connectivity index (χ2v) is 4.60. The molecular formula is C12H13N5O4. The molecule has 110 valence electrons. The van der Waals surface area contributed by atoms with Crippen molar-refractivity contribution < 1.29 is 14.5 Å². The van der Waals surface area contributed by atoms with Crippen molar-refractivity contribution in [2.45, 2.75) is 6.42 Å². The fourth-order valence-corrected chi connectivity index (χ4v) is 2.29. The molecule has 0 radical (unpaired) electrons. The normalized spacial score (nSPS) is 17.5. The van der Waals surface area contributed by atoms with Crippen molar-refractivity contribution in [3.8, 4) is 5.75 Å². The second kappa shape index (κ2) is 6.10. The molecule has 0 N–H and O–H groups in total. The van der Waals surface area contributed by atoms with E-state index in [1.165, 1.54) is 24.1 Å². The third kappa shape index (κ3) is 3.03. The van der Waals surface area contributed by atoms with Gasteiger partial charge in [0.1, 0.15) is 11.4 Å². The highest BCUT2D eigenvalue weighted by Gasteiger charge is 2.34. The standard InChI is InChI=1S/C12H13N5O4/c1-21-9-2-3-10(11(5-9)17(19)20)16-7-8(4-12(16)18)6-14-15-13/h2-3,5,8H,4,6-7H2,1H3. The maximum Gasteiger partial charge on any atom is 0.296 e. The Bertz CT molecular complexity index is 626. The van der Waals surface area contributed by atoms with Gasteiger partial charge in [-0.1, -0.05) is 5.11 Å². The molecule has 1 saturated heterocycles. The van der Waals surface area contributed by atoms with Crippen LogP contribution in [0.3, 0.4) is 0 Å². The monoisotopic (exact) mass is 291 g/mol. The number of benzene rings is 1. The van der Waals surface area contributed by atoms with Gasteiger partial charge < -0.3 is 9.64 Å². The molecule has 21 heavy (non-hydrogen) atoms. The van der Waals surface area contributed by atoms with E-state index in [0.717, 1.165) is 0 Å². The molecule has 9 heteroatoms. The zero-order valence-corrected chi connectivity index (χ0v) is 11.3. The number of carbonyl (C=O) groups excluding carboxylic acids is 1. The summed E-state index contributed by atoms with van der Waals surface area (Å²) in [5, 5.41) is 14.6. The molecule has 0 saturated carbocycles. The summed E-state index contributed by atoms with van der Waals surface area (Å²) in [6.45, 7) is 0.494. The van der Waals surface area contributed by atoms with Gasteiger partial charge >= 0.3 is 0 Å². The number of hydrogen-bond donors (Lipinski definition) is 0. The molecule has 0 spiro atoms. The summed E-state index contributed by atoms with van der Waals surface area (Å²) >= 11 is 0. The lowest BCUT2D eigenvalue weighted by Crippen LogP contribution is -2.25. The maximum atomic E-state index is 12.0. The van der Waals surface area contributed by atoms with Crippen LogP contribution >= 0.6 is 0 Å². The van der Waals surface area contributed by atoms with Gasteiger partial charge in [-0.3, -0.25) is 14.9 Å². The first-order valence-electron chi connectivity index (χ1n) is 6.20. The molecule has 1 atom stereocenters. The topological polar surface area (TPSA) is 121 Å². The fraction of sp³-hybridized carbons (Fsp3) is 0.417. The smallest absolute Gasteiger partial charge is 0.296 e. The van der Waals surface area contributed by atoms with Gasteiger partial charge in [0.2, 0.25) is 5.91 Å². The highest BCUT2D eigenvalue weighted by atomic mass is 16.6. The van der Waals surface area contributed by atoms with Crippen LogP contribution in [0.2, 0.25) is 0 Å². The van der Waals surface area contributed by atoms with Crippen LogP contribution in [0.15, 0.2) is 23.3 Å². The Morgan fingerprint density at radius 1 is 1.62 bits per heavy atom. The van der Waals surface area contributed by atoms with Gasteiger partial charge in [0.05, 0.1) is 18.1 Å². The summed E-state index contributed by atoms with van der Waals surface area (Å²) in [5.74, 6) is -0.000705. The number of nitrogens with zero attached hydrogens (tertiary/aromatic N) is 5. The van der Waals surface area contributed by atoms with Crippen molar-refractivity contribution >= 4 is 17.3 Å². The van der Waals surface area contributed by atoms with E-state index in [2.05, 4.69) is 10.0 Å². The van der Waals surface area contributed by atoms with E-state index in [1.54, 1.807) is 6.07 Å². The molecule has 1 unspecified atom stereocenters. The lowest BCUT2D eigenvalue weighted by Gasteiger charge is -2.17. The van der Waals surface area contributed by atoms with Crippen molar-refractivity contribution in [1.29, 1.82) is 0 Å². The van der Waals surface area contributed by atoms with Crippen molar-refractivity contribution in [2.24, 2.45) is 11.0 Å². The molecule has 1 amide bonds. The number of nitro groups is 1. The van der Waals surface area contributed by atoms with Crippen LogP contribution in [0.25, 0.3) is 10.4 Å². The van der Waals surface area contributed by atoms with Gasteiger partial charge in [0, 0.05) is 24.4 Å². The molecule has 1 aliphatic rings. The Morgan fingerprint density at radius 3 is 3.00 bits per heavy atom. The van der Waals surface area contributed by atoms with Crippen molar-refractivity contribution in [2.75, 3.05) is 25.1 Å². The first-order valence-corrected chi connectivity index (χ1v) is 6.20. The Labute approximate surface area is 119 Å². The zero-order chi connectivity index (χ0) is 15.4. The van der Waals surface area contributed by atoms with Gasteiger partial charge in [0.15, 0.2) is 0 Å². The first-order chi connectivity index (χ1) is 10.1. The van der Waals surface area contributed by atoms with E-state index in [-0.39, 0.29) is 36.2 Å². The highest BCUT2D eigenvalue weighted by Crippen LogP contribution is 2.35. The average Bonchev–Trinajstić information content (AvgIpc) is 2.85. The molecule has 0 aliphatic carbocycles. The molecule has 1 aliphatic heterocycles. The molecule has 9 nitrogen and oxygen atoms in total. The quantitative estimate of drug-likeness (QED) is 0.271. The molecular weight excluding hydrogens is 278 g/mol. The average molecular weight is 291 g/mol. The largest absolute Gasteiger partial charge is 0.496 e. The summed E-state index contributed by atoms with van der Waals surface area (Å²) in [5.41, 5.74) is 8.35. The van der Waals surface area contributed by atoms with E-state index >= 15 is 0 Å². The number of hydrogen-bond acceptors (Lipinski definition) is 5. The van der Waals surface area contributed by atoms with Crippen LogP contribution in [-0.2, 0) is 4.79 Å². The van der Waals surface area contributed by atoms with E-state index < -0.39 is 4.92 Å². The van der Waals surface area contributed by atoms with Gasteiger partial charge in [-0.25, -0.2) is 0 Å². The number of anilines is 1. The molecule has 1 aromatic rings. The SMILES string of the molecule is COc1ccc(N2CC(CN=[N+]=[N-])CC2=O)c([N+](=O)[O-])c1. The predicted molar refractivity (Wildman–Crippen MR) is 74.1 cm³/mol. The summed E-state index contributed by atoms with van der Waals surface area (Å²) in [6, 6.07) is 4.34. The number of azide groups is 1. The third-order valence-electron chi connectivity index (χ3n) is 3.28. The molecule has 0 aromatic heterocycles. The van der Waals surface area contributed by atoms with Crippen LogP contribution in [-0.4, -0.2) is 31.0 Å². The van der Waals surface area contributed by atoms with Gasteiger partial charge in [-0.2, -0.15) is 0 Å². The number of rotatable bonds is 5. The summed E-state index contributed by atoms with van der Waals surface area (Å²) < 4.78 is 4.96. The number of methoxy groups -OCH3 is 1. The highest BCUT2D eigenvalue weighted by molar-refractivity contribution is 5.98. The van der Waals surface area contributed by atoms with E-state index in [9.17, 15) is 14.9 Å². The van der Waals surface area contributed by atoms with E-state index in [1.807, 2.05) is 0 Å². The van der Waals surface area contributed by atoms with E-state index in [0.29, 0.717) is 12.3 Å². The fourth-order valence-electron chi connectivity index (χ4n) is 2.29. The van der Waals surface area contributed by atoms with Gasteiger partial charge in [0.25, 0.3) is 5.69 Å². The van der Waals surface area contributed by atoms with Gasteiger partial charge in [-0.05, 0) is 23.6 Å². The molecule has 1 heterocycles. The summed E-state index contributed by atoms with van der Waals surface area (Å²) in [6.07, 6.45) is 0.211. The number of nitro benzene ring substituents is 1. The summed E-state index contributed by atoms with van der Waals surface area (Å²) in [7, 11) is 1.41. The molecule has 2 rings (SSSR count). The minimum Gasteiger partial charge on any atom is -0.496 e. The van der Waals surface area contributed by atoms with Crippen LogP contribution in [0.5, 0.6) is 5.75 Å². The Morgan fingerprint density at radius 2 is 2.38 bits per heavy atom. The predicted octanol–water partition coefficient (Wildman–Crippen LogP) is 2.27. The molecule has 0 bridgehead atoms. The van der Waals surface area contributed by atoms with Crippen LogP contribution in [0, 0.1) is 16.0 Å². The second-order valence-electron chi connectivity index (χ2n) is 4.60. The van der Waals surface area contributed by atoms with Crippen LogP contribution in [0.1, 0.15) is 6.42 Å². The van der Waals surface area contributed by atoms with Gasteiger partial charge in [-0.15, -0.1) is 0 Å². The number of amides is 1. The minimum absolute atomic E-state index is 0.130. The van der Waals surface area contributed by atoms with E-state index in [4.69, 9.17) is 10.3 Å². The Kier molecular flexibility index (Phi) is 4.24. The van der Waals surface area contributed by atoms with Crippen LogP contribution < -0.4 is 9.64 Å². The number of carbonyl (C=O) groups is 1. The number of ether oxygens (including phenoxy) is 1. The van der Waals surface area contributed by atoms with Crippen molar-refractivity contribution in [1.82, 2.24) is 0 Å². The Balaban J connectivity index is 2.31. The lowest BCUT2D eigenvalue weighted by atomic mass is 10.1.